The first-order chi connectivity index (χ1) is 70.8. The van der Waals surface area contributed by atoms with Crippen LogP contribution in [-0.4, -0.2) is 397 Å². The number of fused-ring (bicyclic) bond motifs is 1. The van der Waals surface area contributed by atoms with Crippen LogP contribution < -0.4 is 47.7 Å². The predicted octanol–water partition coefficient (Wildman–Crippen LogP) is -2.73. The molecule has 2 aromatic carbocycles. The Balaban J connectivity index is 1.00. The number of aryl methyl sites for hydroxylation is 5. The molecule has 149 heavy (non-hydrogen) atoms. The molecule has 7 rings (SSSR count). The highest BCUT2D eigenvalue weighted by Crippen LogP contribution is 2.30. The Hall–Kier alpha value is -11.3. The summed E-state index contributed by atoms with van der Waals surface area (Å²) in [7, 11) is 2.50. The van der Waals surface area contributed by atoms with Gasteiger partial charge in [0.25, 0.3) is 5.56 Å². The van der Waals surface area contributed by atoms with Crippen LogP contribution in [0.25, 0.3) is 11.2 Å². The van der Waals surface area contributed by atoms with Crippen molar-refractivity contribution in [2.75, 3.05) is 107 Å². The largest absolute Gasteiger partial charge is 0.508 e. The van der Waals surface area contributed by atoms with Gasteiger partial charge in [0, 0.05) is 163 Å². The molecule has 54 heteroatoms. The number of aromatic nitrogens is 7. The molecule has 5 heterocycles. The van der Waals surface area contributed by atoms with Gasteiger partial charge in [0.2, 0.25) is 35.4 Å². The molecular formula is C95H133ClN16O34S3. The molecule has 4 aromatic heterocycles. The van der Waals surface area contributed by atoms with Gasteiger partial charge in [0.15, 0.2) is 45.2 Å². The fraction of sp³-hybridized carbons (Fsp3) is 0.589. The maximum absolute atomic E-state index is 15.0. The van der Waals surface area contributed by atoms with Crippen LogP contribution >= 0.6 is 44.5 Å². The molecule has 0 unspecified atom stereocenters. The van der Waals surface area contributed by atoms with Crippen molar-refractivity contribution in [1.29, 1.82) is 0 Å². The summed E-state index contributed by atoms with van der Waals surface area (Å²) in [6, 6.07) is 8.50. The quantitative estimate of drug-likeness (QED) is 0.00798. The van der Waals surface area contributed by atoms with Gasteiger partial charge in [-0.2, -0.15) is 0 Å². The number of thiazole rings is 1. The number of hydrogen-bond acceptors (Lipinski definition) is 44. The molecule has 1 fully saturated rings. The number of carboxylic acids is 2. The Kier molecular flexibility index (Phi) is 53.9. The van der Waals surface area contributed by atoms with Crippen LogP contribution in [0.5, 0.6) is 0 Å². The molecule has 6 amide bonds. The molecule has 0 bridgehead atoms. The van der Waals surface area contributed by atoms with Gasteiger partial charge in [-0.3, -0.25) is 72.0 Å². The van der Waals surface area contributed by atoms with E-state index in [2.05, 4.69) is 81.9 Å². The van der Waals surface area contributed by atoms with Crippen molar-refractivity contribution in [3.8, 4) is 0 Å². The number of H-pyrrole nitrogens is 1. The summed E-state index contributed by atoms with van der Waals surface area (Å²) in [4.78, 5) is 238. The monoisotopic (exact) mass is 2170 g/mol. The van der Waals surface area contributed by atoms with Crippen LogP contribution in [0.3, 0.4) is 0 Å². The smallest absolute Gasteiger partial charge is 0.481 e. The van der Waals surface area contributed by atoms with E-state index in [1.807, 2.05) is 19.1 Å². The number of unbranched alkanes of at least 4 members (excludes halogenated alkanes) is 1. The van der Waals surface area contributed by atoms with Crippen molar-refractivity contribution >= 4 is 155 Å². The molecular weight excluding hydrogens is 2040 g/mol. The maximum atomic E-state index is 15.0. The molecule has 0 saturated carbocycles. The molecule has 0 spiro atoms. The molecule has 6 aromatic rings. The fourth-order valence-electron chi connectivity index (χ4n) is 15.4. The zero-order chi connectivity index (χ0) is 110. The van der Waals surface area contributed by atoms with Crippen molar-refractivity contribution in [3.05, 3.63) is 121 Å². The van der Waals surface area contributed by atoms with E-state index in [0.717, 1.165) is 16.7 Å². The highest BCUT2D eigenvalue weighted by Gasteiger charge is 2.39. The van der Waals surface area contributed by atoms with E-state index >= 15 is 4.79 Å². The van der Waals surface area contributed by atoms with Gasteiger partial charge in [-0.1, -0.05) is 80.9 Å². The number of rotatable bonds is 71. The molecule has 25 N–H and O–H groups in total. The Bertz CT molecular complexity index is 5460. The zero-order valence-corrected chi connectivity index (χ0v) is 85.5. The van der Waals surface area contributed by atoms with Gasteiger partial charge in [-0.05, 0) is 108 Å². The van der Waals surface area contributed by atoms with Gasteiger partial charge in [-0.15, -0.1) is 0 Å². The number of aliphatic carboxylic acids is 2. The van der Waals surface area contributed by atoms with E-state index in [1.54, 1.807) is 50.2 Å². The molecule has 50 nitrogen and oxygen atoms in total. The van der Waals surface area contributed by atoms with E-state index in [1.165, 1.54) is 45.3 Å². The number of hydrogen-bond donors (Lipinski definition) is 25. The lowest BCUT2D eigenvalue weighted by atomic mass is 9.89. The van der Waals surface area contributed by atoms with Crippen LogP contribution in [0.4, 0.5) is 21.6 Å². The van der Waals surface area contributed by atoms with Crippen molar-refractivity contribution in [2.24, 2.45) is 11.8 Å². The van der Waals surface area contributed by atoms with E-state index in [4.69, 9.17) is 21.1 Å². The van der Waals surface area contributed by atoms with Crippen molar-refractivity contribution in [1.82, 2.24) is 71.7 Å². The van der Waals surface area contributed by atoms with Crippen LogP contribution in [0.15, 0.2) is 65.7 Å². The second kappa shape index (κ2) is 64.4. The maximum Gasteiger partial charge on any atom is 0.508 e. The predicted molar refractivity (Wildman–Crippen MR) is 537 cm³/mol. The topological polar surface area (TPSA) is 802 Å². The molecule has 822 valence electrons. The molecule has 17 atom stereocenters. The van der Waals surface area contributed by atoms with Crippen LogP contribution in [-0.2, 0) is 81.5 Å². The Morgan fingerprint density at radius 1 is 0.510 bits per heavy atom. The fourth-order valence-corrected chi connectivity index (χ4v) is 18.3. The third kappa shape index (κ3) is 43.2. The number of benzene rings is 2. The summed E-state index contributed by atoms with van der Waals surface area (Å²) in [6.07, 6.45) is -31.5. The number of aliphatic hydroxyl groups excluding tert-OH is 15. The minimum absolute atomic E-state index is 0.00618. The van der Waals surface area contributed by atoms with Crippen molar-refractivity contribution < 1.29 is 163 Å². The number of ether oxygens (including phenoxy) is 2. The number of carboxylic acid groups (broad SMARTS) is 2. The summed E-state index contributed by atoms with van der Waals surface area (Å²) < 4.78 is 10.6. The van der Waals surface area contributed by atoms with Crippen LogP contribution in [0, 0.1) is 32.6 Å². The number of nitrogens with zero attached hydrogens (tertiary/aromatic N) is 8. The standard InChI is InChI=1S/C95H133ClN16O34S3/c1-50-8-6-9-59(96)58(50)40-67(120)74-46-101-94(149-74)110-75-41-76(103-51(2)102-75)112-31-29-111(30-32-112)33-34-145-95(144)146-35-37-148-147-36-7-11-64(117)60(21-24-77(127)97-43-68(121)84(135)87(138)71(124)47-113)108-91(141)56(19-28-82(133)134)39-66(119)62(23-26-79(129)99-45-70(123)86(137)89(140)73(126)49-115)109-92(142)55(18-27-81(131)132)38-65(118)61(22-25-78(128)98-44-69(122)85(136)88(139)72(125)48-114)107-80(130)12-5-4-10-63(116)54-16-13-53(14-17-54)15-20-57-42-100-90-83(106-57)93(143)105-52(3)104-90/h6,8-9,13-14,16-17,41-42,46,55-56,60-62,68-73,84-89,113-115,121-126,135-140H,4-5,7,10-12,15,18-40,43-45,47-49H2,1-3H3,(H,97,127)(H,98,128)(H,99,129)(H,107,130)(H,108,141)(H,109,142)(H,131,132)(H,133,134)(H,100,104,105,143)(H,101,102,103,110)/t55-,56-,60+,61+,62+,68+,69+,70+,71-,72-,73-,84-,85-,86-,87-,88-,89-/m1/s1. The van der Waals surface area contributed by atoms with Gasteiger partial charge in [-0.25, -0.2) is 34.7 Å². The van der Waals surface area contributed by atoms with E-state index in [9.17, 15) is 154 Å². The van der Waals surface area contributed by atoms with Crippen molar-refractivity contribution in [3.63, 3.8) is 0 Å². The number of carbonyl (C=O) groups is 14. The summed E-state index contributed by atoms with van der Waals surface area (Å²) in [5, 5.41) is 189. The highest BCUT2D eigenvalue weighted by atomic mass is 35.5. The second-order valence-electron chi connectivity index (χ2n) is 35.7. The number of anilines is 3. The molecule has 1 aliphatic heterocycles. The number of aliphatic hydroxyl groups is 15. The lowest BCUT2D eigenvalue weighted by Crippen LogP contribution is -2.50. The number of amides is 6. The highest BCUT2D eigenvalue weighted by molar-refractivity contribution is 8.76. The van der Waals surface area contributed by atoms with Crippen molar-refractivity contribution in [2.45, 2.75) is 247 Å². The number of aromatic amines is 1. The SMILES string of the molecule is Cc1nc(Nc2ncc(C(=O)Cc3c(C)cccc3Cl)s2)cc(N2CCN(CCOC(=O)OCCSSCCCC(=O)[C@H](CCC(=O)NC[C@H](O)[C@@H](O)[C@H](O)[C@H](O)CO)NC(=O)[C@H](CCC(=O)O)CC(=O)[C@H](CCC(=O)NC[C@H](O)[C@@H](O)[C@H](O)[C@H](O)CO)NC(=O)[C@H](CCC(=O)O)CC(=O)[C@H](CCC(=O)NC[C@H](O)[C@@H](O)[C@H](O)[C@H](O)CO)NC(=O)CCCCC(=O)c3ccc(CCc4cnc5nc(C)[nH]c(=O)c5n4)cc3)CC2)n1. The molecule has 1 aliphatic rings. The lowest BCUT2D eigenvalue weighted by Gasteiger charge is -2.35. The first-order valence-corrected chi connectivity index (χ1v) is 52.0. The van der Waals surface area contributed by atoms with Gasteiger partial charge < -0.3 is 143 Å². The molecule has 0 aliphatic carbocycles. The number of Topliss-reactive ketones (excluding diaryl/α,β-unsaturated/α-hetero) is 5. The average molecular weight is 2170 g/mol. The number of nitrogens with one attached hydrogen (secondary N) is 8. The number of carbonyl (C=O) groups excluding carboxylic acids is 12. The Morgan fingerprint density at radius 3 is 1.54 bits per heavy atom. The summed E-state index contributed by atoms with van der Waals surface area (Å²) in [6.45, 7) is 2.27. The lowest BCUT2D eigenvalue weighted by molar-refractivity contribution is -0.139. The minimum Gasteiger partial charge on any atom is -0.481 e. The molecule has 0 radical (unpaired) electrons. The summed E-state index contributed by atoms with van der Waals surface area (Å²) in [5.41, 5.74) is 3.13. The third-order valence-electron chi connectivity index (χ3n) is 24.2. The average Bonchev–Trinajstić information content (AvgIpc) is 1.19. The zero-order valence-electron chi connectivity index (χ0n) is 82.3. The van der Waals surface area contributed by atoms with Crippen LogP contribution in [0.1, 0.15) is 170 Å². The van der Waals surface area contributed by atoms with E-state index < -0.39 is 296 Å². The van der Waals surface area contributed by atoms with Gasteiger partial charge >= 0.3 is 18.1 Å². The van der Waals surface area contributed by atoms with Crippen LogP contribution in [0.2, 0.25) is 5.02 Å². The van der Waals surface area contributed by atoms with Gasteiger partial charge in [0.05, 0.1) is 79.2 Å². The summed E-state index contributed by atoms with van der Waals surface area (Å²) >= 11 is 7.57. The number of halogens is 1. The Morgan fingerprint density at radius 2 is 1.01 bits per heavy atom. The third-order valence-corrected chi connectivity index (χ3v) is 28.0. The number of piperazine rings is 1. The van der Waals surface area contributed by atoms with Gasteiger partial charge in [0.1, 0.15) is 91.4 Å². The van der Waals surface area contributed by atoms with E-state index in [-0.39, 0.29) is 92.4 Å². The minimum atomic E-state index is -2.20. The first kappa shape index (κ1) is 125. The Labute approximate surface area is 872 Å². The second-order valence-corrected chi connectivity index (χ2v) is 39.9. The summed E-state index contributed by atoms with van der Waals surface area (Å²) in [5.74, 6) is -13.9. The molecule has 1 saturated heterocycles. The normalized spacial score (nSPS) is 15.7. The number of ketones is 5. The van der Waals surface area contributed by atoms with E-state index in [0.29, 0.717) is 95.1 Å². The first-order valence-electron chi connectivity index (χ1n) is 48.3.